The van der Waals surface area contributed by atoms with Crippen LogP contribution in [-0.2, 0) is 6.54 Å². The minimum Gasteiger partial charge on any atom is -0.372 e. The molecule has 0 fully saturated rings. The Labute approximate surface area is 165 Å². The molecule has 0 atom stereocenters. The number of nitrogens with zero attached hydrogens (tertiary/aromatic N) is 3. The highest BCUT2D eigenvalue weighted by Crippen LogP contribution is 2.21. The average molecular weight is 379 g/mol. The first kappa shape index (κ1) is 19.6. The van der Waals surface area contributed by atoms with Crippen molar-refractivity contribution in [3.8, 4) is 0 Å². The van der Waals surface area contributed by atoms with Crippen LogP contribution in [0.25, 0.3) is 0 Å². The number of nitrogens with one attached hydrogen (secondary N) is 2. The van der Waals surface area contributed by atoms with Gasteiger partial charge in [0.15, 0.2) is 0 Å². The van der Waals surface area contributed by atoms with Gasteiger partial charge in [-0.3, -0.25) is 0 Å². The summed E-state index contributed by atoms with van der Waals surface area (Å²) in [6.07, 6.45) is 0. The Kier molecular flexibility index (Phi) is 6.42. The lowest BCUT2D eigenvalue weighted by atomic mass is 10.2. The molecule has 0 saturated carbocycles. The molecule has 2 N–H and O–H groups in total. The molecule has 0 saturated heterocycles. The number of aromatic nitrogens is 2. The predicted molar refractivity (Wildman–Crippen MR) is 114 cm³/mol. The van der Waals surface area contributed by atoms with Crippen molar-refractivity contribution in [2.75, 3.05) is 28.6 Å². The second-order valence-electron chi connectivity index (χ2n) is 6.51. The second kappa shape index (κ2) is 9.17. The first-order valence-electron chi connectivity index (χ1n) is 9.54. The minimum absolute atomic E-state index is 0.241. The van der Waals surface area contributed by atoms with Gasteiger partial charge in [0.25, 0.3) is 0 Å². The average Bonchev–Trinajstić information content (AvgIpc) is 2.69. The Morgan fingerprint density at radius 2 is 1.68 bits per heavy atom. The molecule has 5 nitrogen and oxygen atoms in total. The highest BCUT2D eigenvalue weighted by molar-refractivity contribution is 5.61. The van der Waals surface area contributed by atoms with Crippen LogP contribution in [0, 0.1) is 12.7 Å². The first-order valence-corrected chi connectivity index (χ1v) is 9.54. The van der Waals surface area contributed by atoms with Crippen molar-refractivity contribution in [3.05, 3.63) is 71.7 Å². The van der Waals surface area contributed by atoms with E-state index in [1.165, 1.54) is 11.8 Å². The monoisotopic (exact) mass is 379 g/mol. The van der Waals surface area contributed by atoms with Crippen molar-refractivity contribution in [2.24, 2.45) is 0 Å². The zero-order chi connectivity index (χ0) is 19.9. The van der Waals surface area contributed by atoms with Gasteiger partial charge in [-0.2, -0.15) is 4.98 Å². The second-order valence-corrected chi connectivity index (χ2v) is 6.51. The van der Waals surface area contributed by atoms with Crippen LogP contribution in [-0.4, -0.2) is 23.1 Å². The van der Waals surface area contributed by atoms with Gasteiger partial charge in [0.1, 0.15) is 11.6 Å². The molecule has 2 aromatic carbocycles. The highest BCUT2D eigenvalue weighted by atomic mass is 19.1. The number of aryl methyl sites for hydroxylation is 1. The van der Waals surface area contributed by atoms with E-state index in [0.29, 0.717) is 23.9 Å². The summed E-state index contributed by atoms with van der Waals surface area (Å²) in [5, 5.41) is 6.41. The van der Waals surface area contributed by atoms with Crippen LogP contribution >= 0.6 is 0 Å². The van der Waals surface area contributed by atoms with E-state index in [0.717, 1.165) is 24.5 Å². The molecule has 0 unspecified atom stereocenters. The van der Waals surface area contributed by atoms with Gasteiger partial charge in [-0.1, -0.05) is 18.2 Å². The third-order valence-electron chi connectivity index (χ3n) is 4.52. The molecule has 0 spiro atoms. The molecule has 146 valence electrons. The van der Waals surface area contributed by atoms with E-state index < -0.39 is 0 Å². The van der Waals surface area contributed by atoms with E-state index in [1.54, 1.807) is 12.1 Å². The maximum Gasteiger partial charge on any atom is 0.225 e. The predicted octanol–water partition coefficient (Wildman–Crippen LogP) is 5.13. The van der Waals surface area contributed by atoms with Crippen molar-refractivity contribution in [2.45, 2.75) is 27.3 Å². The smallest absolute Gasteiger partial charge is 0.225 e. The molecule has 0 radical (unpaired) electrons. The van der Waals surface area contributed by atoms with Gasteiger partial charge < -0.3 is 15.5 Å². The third-order valence-corrected chi connectivity index (χ3v) is 4.52. The van der Waals surface area contributed by atoms with Crippen LogP contribution in [0.5, 0.6) is 0 Å². The van der Waals surface area contributed by atoms with Crippen LogP contribution in [0.3, 0.4) is 0 Å². The maximum absolute atomic E-state index is 13.8. The molecular formula is C22H26FN5. The normalized spacial score (nSPS) is 10.6. The van der Waals surface area contributed by atoms with Crippen LogP contribution in [0.4, 0.5) is 27.5 Å². The summed E-state index contributed by atoms with van der Waals surface area (Å²) >= 11 is 0. The number of anilines is 4. The maximum atomic E-state index is 13.8. The molecule has 0 amide bonds. The Hall–Kier alpha value is -3.15. The largest absolute Gasteiger partial charge is 0.372 e. The highest BCUT2D eigenvalue weighted by Gasteiger charge is 2.06. The van der Waals surface area contributed by atoms with Gasteiger partial charge in [0, 0.05) is 48.3 Å². The Bertz CT molecular complexity index is 907. The number of hydrogen-bond donors (Lipinski definition) is 2. The van der Waals surface area contributed by atoms with E-state index in [1.807, 2.05) is 31.2 Å². The quantitative estimate of drug-likeness (QED) is 0.568. The van der Waals surface area contributed by atoms with Crippen molar-refractivity contribution < 1.29 is 4.39 Å². The summed E-state index contributed by atoms with van der Waals surface area (Å²) in [5.74, 6) is 0.916. The van der Waals surface area contributed by atoms with Crippen LogP contribution < -0.4 is 15.5 Å². The summed E-state index contributed by atoms with van der Waals surface area (Å²) in [4.78, 5) is 11.2. The lowest BCUT2D eigenvalue weighted by molar-refractivity contribution is 0.612. The lowest BCUT2D eigenvalue weighted by Crippen LogP contribution is -2.21. The fraction of sp³-hybridized carbons (Fsp3) is 0.273. The van der Waals surface area contributed by atoms with Crippen LogP contribution in [0.15, 0.2) is 54.6 Å². The number of hydrogen-bond acceptors (Lipinski definition) is 5. The SMILES string of the molecule is CCN(CC)c1ccc(Nc2cc(C)nc(NCc3ccccc3F)n2)cc1. The van der Waals surface area contributed by atoms with Gasteiger partial charge in [-0.25, -0.2) is 9.37 Å². The van der Waals surface area contributed by atoms with E-state index in [4.69, 9.17) is 0 Å². The molecule has 0 aliphatic rings. The summed E-state index contributed by atoms with van der Waals surface area (Å²) in [7, 11) is 0. The van der Waals surface area contributed by atoms with Crippen molar-refractivity contribution >= 4 is 23.1 Å². The van der Waals surface area contributed by atoms with E-state index in [9.17, 15) is 4.39 Å². The van der Waals surface area contributed by atoms with Gasteiger partial charge in [0.05, 0.1) is 0 Å². The Morgan fingerprint density at radius 1 is 0.964 bits per heavy atom. The topological polar surface area (TPSA) is 53.1 Å². The van der Waals surface area contributed by atoms with Crippen molar-refractivity contribution in [1.29, 1.82) is 0 Å². The fourth-order valence-electron chi connectivity index (χ4n) is 3.02. The van der Waals surface area contributed by atoms with Gasteiger partial charge in [-0.05, 0) is 51.1 Å². The Morgan fingerprint density at radius 3 is 2.36 bits per heavy atom. The summed E-state index contributed by atoms with van der Waals surface area (Å²) < 4.78 is 13.8. The molecule has 3 aromatic rings. The van der Waals surface area contributed by atoms with Gasteiger partial charge in [0.2, 0.25) is 5.95 Å². The summed E-state index contributed by atoms with van der Waals surface area (Å²) in [5.41, 5.74) is 3.55. The summed E-state index contributed by atoms with van der Waals surface area (Å²) in [6.45, 7) is 8.49. The Balaban J connectivity index is 1.70. The van der Waals surface area contributed by atoms with E-state index >= 15 is 0 Å². The van der Waals surface area contributed by atoms with E-state index in [-0.39, 0.29) is 5.82 Å². The van der Waals surface area contributed by atoms with Gasteiger partial charge in [-0.15, -0.1) is 0 Å². The van der Waals surface area contributed by atoms with Crippen molar-refractivity contribution in [1.82, 2.24) is 9.97 Å². The van der Waals surface area contributed by atoms with Crippen LogP contribution in [0.1, 0.15) is 25.1 Å². The third kappa shape index (κ3) is 4.97. The zero-order valence-electron chi connectivity index (χ0n) is 16.5. The number of halogens is 1. The molecule has 6 heteroatoms. The first-order chi connectivity index (χ1) is 13.6. The van der Waals surface area contributed by atoms with Crippen LogP contribution in [0.2, 0.25) is 0 Å². The fourth-order valence-corrected chi connectivity index (χ4v) is 3.02. The molecule has 1 aromatic heterocycles. The number of benzene rings is 2. The summed E-state index contributed by atoms with van der Waals surface area (Å²) in [6, 6.07) is 16.8. The lowest BCUT2D eigenvalue weighted by Gasteiger charge is -2.21. The van der Waals surface area contributed by atoms with Crippen molar-refractivity contribution in [3.63, 3.8) is 0 Å². The molecular weight excluding hydrogens is 353 g/mol. The molecule has 0 aliphatic heterocycles. The zero-order valence-corrected chi connectivity index (χ0v) is 16.5. The van der Waals surface area contributed by atoms with Gasteiger partial charge >= 0.3 is 0 Å². The molecule has 3 rings (SSSR count). The molecule has 0 bridgehead atoms. The standard InChI is InChI=1S/C22H26FN5/c1-4-28(5-2)19-12-10-18(11-13-19)26-21-14-16(3)25-22(27-21)24-15-17-8-6-7-9-20(17)23/h6-14H,4-5,15H2,1-3H3,(H2,24,25,26,27). The van der Waals surface area contributed by atoms with E-state index in [2.05, 4.69) is 51.5 Å². The number of rotatable bonds is 8. The molecule has 0 aliphatic carbocycles. The molecule has 1 heterocycles. The minimum atomic E-state index is -0.241. The molecule has 28 heavy (non-hydrogen) atoms.